The van der Waals surface area contributed by atoms with Gasteiger partial charge in [-0.05, 0) is 40.0 Å². The lowest BCUT2D eigenvalue weighted by molar-refractivity contribution is 0.328. The van der Waals surface area contributed by atoms with Crippen LogP contribution in [-0.2, 0) is 6.54 Å². The van der Waals surface area contributed by atoms with Gasteiger partial charge in [0.1, 0.15) is 0 Å². The number of rotatable bonds is 4. The number of benzene rings is 2. The van der Waals surface area contributed by atoms with E-state index in [1.54, 1.807) is 0 Å². The molecule has 1 heterocycles. The summed E-state index contributed by atoms with van der Waals surface area (Å²) in [5.74, 6) is 0. The number of nitrogens with one attached hydrogen (secondary N) is 1. The molecule has 1 fully saturated rings. The highest BCUT2D eigenvalue weighted by Crippen LogP contribution is 2.29. The molecular formula is C17H20BrN3. The van der Waals surface area contributed by atoms with Crippen molar-refractivity contribution in [3.05, 3.63) is 58.6 Å². The number of nitrogen functional groups attached to an aromatic ring is 1. The second kappa shape index (κ2) is 6.50. The van der Waals surface area contributed by atoms with Gasteiger partial charge in [-0.1, -0.05) is 36.4 Å². The van der Waals surface area contributed by atoms with Crippen LogP contribution in [0.25, 0.3) is 0 Å². The van der Waals surface area contributed by atoms with Crippen molar-refractivity contribution in [1.82, 2.24) is 4.90 Å². The smallest absolute Gasteiger partial charge is 0.0694 e. The van der Waals surface area contributed by atoms with E-state index in [-0.39, 0.29) is 0 Å². The Morgan fingerprint density at radius 2 is 1.95 bits per heavy atom. The summed E-state index contributed by atoms with van der Waals surface area (Å²) >= 11 is 3.48. The van der Waals surface area contributed by atoms with Gasteiger partial charge in [0.2, 0.25) is 0 Å². The first-order valence-corrected chi connectivity index (χ1v) is 8.08. The van der Waals surface area contributed by atoms with Crippen LogP contribution >= 0.6 is 15.9 Å². The summed E-state index contributed by atoms with van der Waals surface area (Å²) in [4.78, 5) is 2.49. The summed E-state index contributed by atoms with van der Waals surface area (Å²) in [6, 6.07) is 17.1. The Morgan fingerprint density at radius 1 is 1.14 bits per heavy atom. The lowest BCUT2D eigenvalue weighted by atomic mass is 10.2. The van der Waals surface area contributed by atoms with E-state index >= 15 is 0 Å². The molecule has 3 nitrogen and oxygen atoms in total. The molecule has 0 spiro atoms. The van der Waals surface area contributed by atoms with Crippen LogP contribution < -0.4 is 11.1 Å². The van der Waals surface area contributed by atoms with E-state index in [1.165, 1.54) is 5.56 Å². The zero-order chi connectivity index (χ0) is 14.7. The van der Waals surface area contributed by atoms with E-state index in [0.717, 1.165) is 41.9 Å². The molecule has 110 valence electrons. The predicted octanol–water partition coefficient (Wildman–Crippen LogP) is 3.72. The standard InChI is InChI=1S/C17H20BrN3/c18-15-7-4-8-16(17(15)19)20-14-9-10-21(12-14)11-13-5-2-1-3-6-13/h1-8,14,20H,9-12,19H2. The monoisotopic (exact) mass is 345 g/mol. The molecule has 4 heteroatoms. The van der Waals surface area contributed by atoms with Crippen molar-refractivity contribution in [3.8, 4) is 0 Å². The van der Waals surface area contributed by atoms with Crippen LogP contribution in [0.5, 0.6) is 0 Å². The number of anilines is 2. The molecule has 0 saturated carbocycles. The fourth-order valence-electron chi connectivity index (χ4n) is 2.82. The summed E-state index contributed by atoms with van der Waals surface area (Å²) in [7, 11) is 0. The lowest BCUT2D eigenvalue weighted by Gasteiger charge is -2.18. The van der Waals surface area contributed by atoms with Crippen LogP contribution in [0, 0.1) is 0 Å². The number of halogens is 1. The van der Waals surface area contributed by atoms with Crippen molar-refractivity contribution < 1.29 is 0 Å². The van der Waals surface area contributed by atoms with Gasteiger partial charge in [0, 0.05) is 30.1 Å². The highest BCUT2D eigenvalue weighted by molar-refractivity contribution is 9.10. The Bertz CT molecular complexity index is 600. The summed E-state index contributed by atoms with van der Waals surface area (Å²) in [5.41, 5.74) is 9.29. The van der Waals surface area contributed by atoms with Gasteiger partial charge in [-0.25, -0.2) is 0 Å². The van der Waals surface area contributed by atoms with E-state index in [0.29, 0.717) is 6.04 Å². The van der Waals surface area contributed by atoms with Crippen molar-refractivity contribution in [3.63, 3.8) is 0 Å². The zero-order valence-corrected chi connectivity index (χ0v) is 13.5. The topological polar surface area (TPSA) is 41.3 Å². The zero-order valence-electron chi connectivity index (χ0n) is 11.9. The molecule has 1 aliphatic rings. The van der Waals surface area contributed by atoms with Crippen LogP contribution in [0.15, 0.2) is 53.0 Å². The third kappa shape index (κ3) is 3.57. The number of nitrogens with two attached hydrogens (primary N) is 1. The molecule has 3 rings (SSSR count). The van der Waals surface area contributed by atoms with Crippen molar-refractivity contribution in [2.24, 2.45) is 0 Å². The summed E-state index contributed by atoms with van der Waals surface area (Å²) < 4.78 is 0.951. The minimum Gasteiger partial charge on any atom is -0.396 e. The SMILES string of the molecule is Nc1c(Br)cccc1NC1CCN(Cc2ccccc2)C1. The minimum atomic E-state index is 0.463. The van der Waals surface area contributed by atoms with E-state index in [2.05, 4.69) is 56.5 Å². The maximum absolute atomic E-state index is 6.10. The van der Waals surface area contributed by atoms with Crippen LogP contribution in [0.2, 0.25) is 0 Å². The maximum Gasteiger partial charge on any atom is 0.0694 e. The molecule has 3 N–H and O–H groups in total. The number of nitrogens with zero attached hydrogens (tertiary/aromatic N) is 1. The van der Waals surface area contributed by atoms with Crippen molar-refractivity contribution in [2.75, 3.05) is 24.1 Å². The van der Waals surface area contributed by atoms with E-state index in [4.69, 9.17) is 5.73 Å². The van der Waals surface area contributed by atoms with Gasteiger partial charge in [0.25, 0.3) is 0 Å². The molecule has 0 amide bonds. The van der Waals surface area contributed by atoms with Gasteiger partial charge >= 0.3 is 0 Å². The second-order valence-electron chi connectivity index (χ2n) is 5.55. The number of hydrogen-bond donors (Lipinski definition) is 2. The van der Waals surface area contributed by atoms with Gasteiger partial charge in [0.15, 0.2) is 0 Å². The quantitative estimate of drug-likeness (QED) is 0.829. The van der Waals surface area contributed by atoms with E-state index < -0.39 is 0 Å². The van der Waals surface area contributed by atoms with Crippen molar-refractivity contribution in [2.45, 2.75) is 19.0 Å². The molecule has 0 aliphatic carbocycles. The summed E-state index contributed by atoms with van der Waals surface area (Å²) in [5, 5.41) is 3.57. The molecule has 1 unspecified atom stereocenters. The molecule has 1 atom stereocenters. The first-order valence-electron chi connectivity index (χ1n) is 7.29. The number of likely N-dealkylation sites (tertiary alicyclic amines) is 1. The van der Waals surface area contributed by atoms with Crippen LogP contribution in [0.1, 0.15) is 12.0 Å². The third-order valence-electron chi connectivity index (χ3n) is 3.93. The molecule has 1 aliphatic heterocycles. The molecular weight excluding hydrogens is 326 g/mol. The van der Waals surface area contributed by atoms with Crippen LogP contribution in [-0.4, -0.2) is 24.0 Å². The molecule has 0 aromatic heterocycles. The Balaban J connectivity index is 1.59. The number of hydrogen-bond acceptors (Lipinski definition) is 3. The third-order valence-corrected chi connectivity index (χ3v) is 4.63. The highest BCUT2D eigenvalue weighted by atomic mass is 79.9. The van der Waals surface area contributed by atoms with Gasteiger partial charge in [-0.15, -0.1) is 0 Å². The van der Waals surface area contributed by atoms with Crippen LogP contribution in [0.3, 0.4) is 0 Å². The van der Waals surface area contributed by atoms with Gasteiger partial charge in [-0.3, -0.25) is 4.90 Å². The Morgan fingerprint density at radius 3 is 2.76 bits per heavy atom. The van der Waals surface area contributed by atoms with Crippen LogP contribution in [0.4, 0.5) is 11.4 Å². The average Bonchev–Trinajstić information content (AvgIpc) is 2.92. The normalized spacial score (nSPS) is 18.8. The Labute approximate surface area is 134 Å². The van der Waals surface area contributed by atoms with E-state index in [1.807, 2.05) is 18.2 Å². The van der Waals surface area contributed by atoms with Gasteiger partial charge in [0.05, 0.1) is 11.4 Å². The molecule has 2 aromatic rings. The largest absolute Gasteiger partial charge is 0.396 e. The molecule has 1 saturated heterocycles. The molecule has 0 radical (unpaired) electrons. The summed E-state index contributed by atoms with van der Waals surface area (Å²) in [6.07, 6.45) is 1.15. The maximum atomic E-state index is 6.10. The Hall–Kier alpha value is -1.52. The van der Waals surface area contributed by atoms with E-state index in [9.17, 15) is 0 Å². The van der Waals surface area contributed by atoms with Gasteiger partial charge < -0.3 is 11.1 Å². The molecule has 2 aromatic carbocycles. The number of para-hydroxylation sites is 1. The second-order valence-corrected chi connectivity index (χ2v) is 6.41. The fourth-order valence-corrected chi connectivity index (χ4v) is 3.18. The first kappa shape index (κ1) is 14.4. The predicted molar refractivity (Wildman–Crippen MR) is 92.3 cm³/mol. The lowest BCUT2D eigenvalue weighted by Crippen LogP contribution is -2.26. The van der Waals surface area contributed by atoms with Crippen molar-refractivity contribution in [1.29, 1.82) is 0 Å². The van der Waals surface area contributed by atoms with Crippen molar-refractivity contribution >= 4 is 27.3 Å². The van der Waals surface area contributed by atoms with Gasteiger partial charge in [-0.2, -0.15) is 0 Å². The average molecular weight is 346 g/mol. The molecule has 21 heavy (non-hydrogen) atoms. The highest BCUT2D eigenvalue weighted by Gasteiger charge is 2.22. The Kier molecular flexibility index (Phi) is 4.46. The first-order chi connectivity index (χ1) is 10.2. The fraction of sp³-hybridized carbons (Fsp3) is 0.294. The molecule has 0 bridgehead atoms. The summed E-state index contributed by atoms with van der Waals surface area (Å²) in [6.45, 7) is 3.20. The minimum absolute atomic E-state index is 0.463.